The normalized spacial score (nSPS) is 20.0. The summed E-state index contributed by atoms with van der Waals surface area (Å²) in [4.78, 5) is 25.6. The number of methoxy groups -OCH3 is 1. The van der Waals surface area contributed by atoms with Gasteiger partial charge >= 0.3 is 5.97 Å². The fourth-order valence-electron chi connectivity index (χ4n) is 2.82. The molecule has 1 heterocycles. The summed E-state index contributed by atoms with van der Waals surface area (Å²) >= 11 is 0. The predicted molar refractivity (Wildman–Crippen MR) is 94.2 cm³/mol. The molecular formula is C19H27NO5. The van der Waals surface area contributed by atoms with Gasteiger partial charge in [0, 0.05) is 18.7 Å². The zero-order valence-corrected chi connectivity index (χ0v) is 15.4. The van der Waals surface area contributed by atoms with Crippen LogP contribution in [0.1, 0.15) is 44.0 Å². The predicted octanol–water partition coefficient (Wildman–Crippen LogP) is 3.06. The zero-order chi connectivity index (χ0) is 18.6. The van der Waals surface area contributed by atoms with Gasteiger partial charge in [-0.05, 0) is 43.9 Å². The molecule has 0 radical (unpaired) electrons. The Balaban J connectivity index is 2.09. The molecule has 138 valence electrons. The smallest absolute Gasteiger partial charge is 0.311 e. The molecule has 6 heteroatoms. The number of rotatable bonds is 7. The second-order valence-electron chi connectivity index (χ2n) is 7.24. The van der Waals surface area contributed by atoms with Gasteiger partial charge in [0.1, 0.15) is 0 Å². The number of carbonyl (C=O) groups excluding carboxylic acids is 1. The first-order valence-electron chi connectivity index (χ1n) is 8.60. The summed E-state index contributed by atoms with van der Waals surface area (Å²) in [7, 11) is 1.54. The number of amides is 1. The van der Waals surface area contributed by atoms with Gasteiger partial charge in [0.15, 0.2) is 11.5 Å². The van der Waals surface area contributed by atoms with Crippen molar-refractivity contribution < 1.29 is 24.2 Å². The summed E-state index contributed by atoms with van der Waals surface area (Å²) in [6.45, 7) is 7.18. The Bertz CT molecular complexity index is 643. The molecule has 1 aromatic rings. The van der Waals surface area contributed by atoms with Crippen LogP contribution < -0.4 is 9.47 Å². The molecule has 0 spiro atoms. The van der Waals surface area contributed by atoms with Gasteiger partial charge in [0.05, 0.1) is 19.1 Å². The van der Waals surface area contributed by atoms with E-state index in [2.05, 4.69) is 13.8 Å². The summed E-state index contributed by atoms with van der Waals surface area (Å²) < 4.78 is 11.1. The van der Waals surface area contributed by atoms with Crippen LogP contribution in [0.3, 0.4) is 0 Å². The lowest BCUT2D eigenvalue weighted by Gasteiger charge is -2.20. The SMILES string of the molecule is COc1cc(C(=O)N2CCC(C)(C(=O)O)C2)ccc1OCCC(C)C. The molecule has 1 atom stereocenters. The molecule has 1 N–H and O–H groups in total. The van der Waals surface area contributed by atoms with E-state index in [0.717, 1.165) is 6.42 Å². The third-order valence-electron chi connectivity index (χ3n) is 4.64. The molecule has 1 aliphatic rings. The number of benzene rings is 1. The van der Waals surface area contributed by atoms with Gasteiger partial charge in [0.25, 0.3) is 5.91 Å². The molecule has 6 nitrogen and oxygen atoms in total. The molecule has 1 unspecified atom stereocenters. The highest BCUT2D eigenvalue weighted by Crippen LogP contribution is 2.33. The second-order valence-corrected chi connectivity index (χ2v) is 7.24. The van der Waals surface area contributed by atoms with E-state index in [9.17, 15) is 14.7 Å². The number of carboxylic acid groups (broad SMARTS) is 1. The van der Waals surface area contributed by atoms with Gasteiger partial charge in [-0.1, -0.05) is 13.8 Å². The molecule has 2 rings (SSSR count). The number of likely N-dealkylation sites (tertiary alicyclic amines) is 1. The minimum Gasteiger partial charge on any atom is -0.493 e. The van der Waals surface area contributed by atoms with E-state index < -0.39 is 11.4 Å². The molecule has 0 saturated carbocycles. The molecule has 1 fully saturated rings. The summed E-state index contributed by atoms with van der Waals surface area (Å²) in [5.74, 6) is 0.614. The third-order valence-corrected chi connectivity index (χ3v) is 4.64. The third kappa shape index (κ3) is 4.44. The standard InChI is InChI=1S/C19H27NO5/c1-13(2)7-10-25-15-6-5-14(11-16(15)24-4)17(21)20-9-8-19(3,12-20)18(22)23/h5-6,11,13H,7-10,12H2,1-4H3,(H,22,23). The van der Waals surface area contributed by atoms with Crippen LogP contribution >= 0.6 is 0 Å². The molecule has 1 aliphatic heterocycles. The zero-order valence-electron chi connectivity index (χ0n) is 15.4. The van der Waals surface area contributed by atoms with Gasteiger partial charge in [-0.3, -0.25) is 9.59 Å². The molecule has 0 bridgehead atoms. The maximum Gasteiger partial charge on any atom is 0.311 e. The Morgan fingerprint density at radius 3 is 2.60 bits per heavy atom. The Labute approximate surface area is 148 Å². The number of ether oxygens (including phenoxy) is 2. The summed E-state index contributed by atoms with van der Waals surface area (Å²) in [6.07, 6.45) is 1.40. The van der Waals surface area contributed by atoms with Crippen LogP contribution in [0.15, 0.2) is 18.2 Å². The van der Waals surface area contributed by atoms with Crippen molar-refractivity contribution >= 4 is 11.9 Å². The van der Waals surface area contributed by atoms with Gasteiger partial charge in [0.2, 0.25) is 0 Å². The number of nitrogens with zero attached hydrogens (tertiary/aromatic N) is 1. The summed E-state index contributed by atoms with van der Waals surface area (Å²) in [5.41, 5.74) is -0.401. The fraction of sp³-hybridized carbons (Fsp3) is 0.579. The maximum atomic E-state index is 12.7. The highest BCUT2D eigenvalue weighted by Gasteiger charge is 2.42. The Hall–Kier alpha value is -2.24. The van der Waals surface area contributed by atoms with Crippen LogP contribution in [0.5, 0.6) is 11.5 Å². The number of hydrogen-bond acceptors (Lipinski definition) is 4. The quantitative estimate of drug-likeness (QED) is 0.819. The number of carbonyl (C=O) groups is 2. The topological polar surface area (TPSA) is 76.1 Å². The first-order chi connectivity index (χ1) is 11.8. The van der Waals surface area contributed by atoms with Gasteiger partial charge < -0.3 is 19.5 Å². The van der Waals surface area contributed by atoms with Crippen molar-refractivity contribution in [1.82, 2.24) is 4.90 Å². The average molecular weight is 349 g/mol. The molecular weight excluding hydrogens is 322 g/mol. The Morgan fingerprint density at radius 2 is 2.04 bits per heavy atom. The van der Waals surface area contributed by atoms with Crippen molar-refractivity contribution in [3.8, 4) is 11.5 Å². The van der Waals surface area contributed by atoms with Gasteiger partial charge in [-0.2, -0.15) is 0 Å². The number of carboxylic acids is 1. The highest BCUT2D eigenvalue weighted by atomic mass is 16.5. The van der Waals surface area contributed by atoms with E-state index >= 15 is 0 Å². The first-order valence-corrected chi connectivity index (χ1v) is 8.60. The van der Waals surface area contributed by atoms with E-state index in [1.54, 1.807) is 30.0 Å². The Morgan fingerprint density at radius 1 is 1.32 bits per heavy atom. The van der Waals surface area contributed by atoms with Crippen molar-refractivity contribution in [2.24, 2.45) is 11.3 Å². The van der Waals surface area contributed by atoms with Crippen molar-refractivity contribution in [2.75, 3.05) is 26.8 Å². The first kappa shape index (κ1) is 19.1. The van der Waals surface area contributed by atoms with Crippen LogP contribution in [0.4, 0.5) is 0 Å². The van der Waals surface area contributed by atoms with Crippen LogP contribution in [-0.2, 0) is 4.79 Å². The monoisotopic (exact) mass is 349 g/mol. The van der Waals surface area contributed by atoms with Crippen molar-refractivity contribution in [2.45, 2.75) is 33.6 Å². The summed E-state index contributed by atoms with van der Waals surface area (Å²) in [5, 5.41) is 9.31. The van der Waals surface area contributed by atoms with Crippen molar-refractivity contribution in [3.05, 3.63) is 23.8 Å². The molecule has 1 amide bonds. The van der Waals surface area contributed by atoms with Crippen LogP contribution in [0.2, 0.25) is 0 Å². The lowest BCUT2D eigenvalue weighted by Crippen LogP contribution is -2.34. The van der Waals surface area contributed by atoms with Crippen molar-refractivity contribution in [1.29, 1.82) is 0 Å². The maximum absolute atomic E-state index is 12.7. The molecule has 25 heavy (non-hydrogen) atoms. The largest absolute Gasteiger partial charge is 0.493 e. The Kier molecular flexibility index (Phi) is 5.93. The van der Waals surface area contributed by atoms with Crippen molar-refractivity contribution in [3.63, 3.8) is 0 Å². The minimum atomic E-state index is -0.875. The number of aliphatic carboxylic acids is 1. The molecule has 0 aliphatic carbocycles. The summed E-state index contributed by atoms with van der Waals surface area (Å²) in [6, 6.07) is 5.09. The van der Waals surface area contributed by atoms with E-state index in [1.165, 1.54) is 7.11 Å². The van der Waals surface area contributed by atoms with E-state index in [1.807, 2.05) is 0 Å². The fourth-order valence-corrected chi connectivity index (χ4v) is 2.82. The van der Waals surface area contributed by atoms with E-state index in [-0.39, 0.29) is 12.5 Å². The lowest BCUT2D eigenvalue weighted by atomic mass is 9.90. The van der Waals surface area contributed by atoms with E-state index in [4.69, 9.17) is 9.47 Å². The second kappa shape index (κ2) is 7.76. The number of hydrogen-bond donors (Lipinski definition) is 1. The molecule has 1 saturated heterocycles. The highest BCUT2D eigenvalue weighted by molar-refractivity contribution is 5.95. The van der Waals surface area contributed by atoms with Crippen LogP contribution in [0.25, 0.3) is 0 Å². The van der Waals surface area contributed by atoms with Gasteiger partial charge in [-0.15, -0.1) is 0 Å². The lowest BCUT2D eigenvalue weighted by molar-refractivity contribution is -0.147. The minimum absolute atomic E-state index is 0.183. The van der Waals surface area contributed by atoms with E-state index in [0.29, 0.717) is 42.6 Å². The molecule has 1 aromatic carbocycles. The van der Waals surface area contributed by atoms with Crippen LogP contribution in [0, 0.1) is 11.3 Å². The van der Waals surface area contributed by atoms with Gasteiger partial charge in [-0.25, -0.2) is 0 Å². The van der Waals surface area contributed by atoms with Crippen LogP contribution in [-0.4, -0.2) is 48.7 Å². The molecule has 0 aromatic heterocycles. The average Bonchev–Trinajstić information content (AvgIpc) is 2.98.